The van der Waals surface area contributed by atoms with Crippen molar-refractivity contribution in [2.75, 3.05) is 13.2 Å². The summed E-state index contributed by atoms with van der Waals surface area (Å²) in [7, 11) is 0. The Morgan fingerprint density at radius 2 is 1.86 bits per heavy atom. The normalized spacial score (nSPS) is 21.9. The molecule has 10 nitrogen and oxygen atoms in total. The zero-order chi connectivity index (χ0) is 25.4. The van der Waals surface area contributed by atoms with Gasteiger partial charge in [0.25, 0.3) is 5.91 Å². The maximum atomic E-state index is 13.7. The van der Waals surface area contributed by atoms with E-state index < -0.39 is 35.5 Å². The third kappa shape index (κ3) is 3.76. The highest BCUT2D eigenvalue weighted by Crippen LogP contribution is 2.35. The number of ether oxygens (including phenoxy) is 1. The highest BCUT2D eigenvalue weighted by atomic mass is 16.5. The topological polar surface area (TPSA) is 130 Å². The lowest BCUT2D eigenvalue weighted by Gasteiger charge is -2.29. The molecule has 3 N–H and O–H groups in total. The molecule has 1 saturated heterocycles. The first-order valence-electron chi connectivity index (χ1n) is 11.5. The molecule has 0 aliphatic carbocycles. The van der Waals surface area contributed by atoms with E-state index in [2.05, 4.69) is 16.0 Å². The largest absolute Gasteiger partial charge is 0.467 e. The molecule has 5 rings (SSSR count). The second kappa shape index (κ2) is 8.88. The molecule has 2 aliphatic heterocycles. The summed E-state index contributed by atoms with van der Waals surface area (Å²) in [5.74, 6) is -0.907. The van der Waals surface area contributed by atoms with E-state index in [1.165, 1.54) is 6.26 Å². The number of carbonyl (C=O) groups is 4. The predicted molar refractivity (Wildman–Crippen MR) is 128 cm³/mol. The van der Waals surface area contributed by atoms with Gasteiger partial charge in [-0.1, -0.05) is 42.5 Å². The fourth-order valence-electron chi connectivity index (χ4n) is 4.70. The Bertz CT molecular complexity index is 1410. The van der Waals surface area contributed by atoms with Crippen molar-refractivity contribution >= 4 is 34.7 Å². The van der Waals surface area contributed by atoms with Gasteiger partial charge in [-0.25, -0.2) is 14.4 Å². The van der Waals surface area contributed by atoms with Crippen LogP contribution in [-0.2, 0) is 19.9 Å². The van der Waals surface area contributed by atoms with E-state index in [0.29, 0.717) is 11.3 Å². The summed E-state index contributed by atoms with van der Waals surface area (Å²) in [6.45, 7) is 3.05. The van der Waals surface area contributed by atoms with Gasteiger partial charge in [0.1, 0.15) is 17.3 Å². The highest BCUT2D eigenvalue weighted by Gasteiger charge is 2.50. The second-order valence-corrected chi connectivity index (χ2v) is 8.63. The summed E-state index contributed by atoms with van der Waals surface area (Å²) in [5.41, 5.74) is -0.584. The lowest BCUT2D eigenvalue weighted by atomic mass is 9.87. The van der Waals surface area contributed by atoms with Gasteiger partial charge in [-0.3, -0.25) is 9.69 Å². The molecule has 0 radical (unpaired) electrons. The summed E-state index contributed by atoms with van der Waals surface area (Å²) in [4.78, 5) is 53.2. The quantitative estimate of drug-likeness (QED) is 0.361. The van der Waals surface area contributed by atoms with E-state index in [4.69, 9.17) is 9.15 Å². The van der Waals surface area contributed by atoms with Crippen LogP contribution < -0.4 is 16.0 Å². The fourth-order valence-corrected chi connectivity index (χ4v) is 4.70. The SMILES string of the molecule is CCOC(=O)C1=C(CN2C(=O)N[C@@](C)(c3cccc4ccccc34)C2=O)NC(=O)N[C@@H]1c1ccco1. The average Bonchev–Trinajstić information content (AvgIpc) is 3.47. The highest BCUT2D eigenvalue weighted by molar-refractivity contribution is 6.09. The van der Waals surface area contributed by atoms with Crippen LogP contribution in [0.15, 0.2) is 76.5 Å². The minimum Gasteiger partial charge on any atom is -0.467 e. The maximum absolute atomic E-state index is 13.7. The number of nitrogens with zero attached hydrogens (tertiary/aromatic N) is 1. The monoisotopic (exact) mass is 488 g/mol. The first kappa shape index (κ1) is 23.2. The average molecular weight is 489 g/mol. The lowest BCUT2D eigenvalue weighted by Crippen LogP contribution is -2.49. The van der Waals surface area contributed by atoms with Crippen molar-refractivity contribution in [3.05, 3.63) is 83.5 Å². The number of hydrogen-bond acceptors (Lipinski definition) is 6. The zero-order valence-corrected chi connectivity index (χ0v) is 19.7. The standard InChI is InChI=1S/C26H24N4O6/c1-3-35-22(31)20-18(27-24(33)28-21(20)19-12-7-13-36-19)14-30-23(32)26(2,29-25(30)34)17-11-6-9-15-8-4-5-10-16(15)17/h4-13,21H,3,14H2,1-2H3,(H,29,34)(H2,27,28,33)/t21-,26+/m1/s1. The Kier molecular flexibility index (Phi) is 5.71. The second-order valence-electron chi connectivity index (χ2n) is 8.63. The number of carbonyl (C=O) groups excluding carboxylic acids is 4. The van der Waals surface area contributed by atoms with E-state index in [0.717, 1.165) is 15.7 Å². The van der Waals surface area contributed by atoms with Crippen LogP contribution in [-0.4, -0.2) is 42.0 Å². The van der Waals surface area contributed by atoms with Crippen LogP contribution >= 0.6 is 0 Å². The van der Waals surface area contributed by atoms with Crippen LogP contribution in [0.3, 0.4) is 0 Å². The number of fused-ring (bicyclic) bond motifs is 1. The lowest BCUT2D eigenvalue weighted by molar-refractivity contribution is -0.139. The van der Waals surface area contributed by atoms with Crippen molar-refractivity contribution in [3.8, 4) is 0 Å². The molecule has 2 atom stereocenters. The van der Waals surface area contributed by atoms with Crippen molar-refractivity contribution in [2.24, 2.45) is 0 Å². The maximum Gasteiger partial charge on any atom is 0.338 e. The number of benzene rings is 2. The number of nitrogens with one attached hydrogen (secondary N) is 3. The smallest absolute Gasteiger partial charge is 0.338 e. The molecule has 0 bridgehead atoms. The first-order valence-corrected chi connectivity index (χ1v) is 11.5. The van der Waals surface area contributed by atoms with Crippen LogP contribution in [0.1, 0.15) is 31.2 Å². The van der Waals surface area contributed by atoms with Crippen molar-refractivity contribution < 1.29 is 28.3 Å². The third-order valence-electron chi connectivity index (χ3n) is 6.40. The van der Waals surface area contributed by atoms with Crippen LogP contribution in [0.25, 0.3) is 10.8 Å². The summed E-state index contributed by atoms with van der Waals surface area (Å²) < 4.78 is 10.6. The molecule has 3 heterocycles. The van der Waals surface area contributed by atoms with Crippen molar-refractivity contribution in [2.45, 2.75) is 25.4 Å². The molecule has 10 heteroatoms. The Morgan fingerprint density at radius 3 is 2.61 bits per heavy atom. The Morgan fingerprint density at radius 1 is 1.08 bits per heavy atom. The van der Waals surface area contributed by atoms with Gasteiger partial charge in [-0.15, -0.1) is 0 Å². The van der Waals surface area contributed by atoms with Crippen LogP contribution in [0.5, 0.6) is 0 Å². The molecule has 36 heavy (non-hydrogen) atoms. The van der Waals surface area contributed by atoms with Gasteiger partial charge in [0.15, 0.2) is 0 Å². The molecule has 1 aromatic heterocycles. The predicted octanol–water partition coefficient (Wildman–Crippen LogP) is 3.07. The Balaban J connectivity index is 1.54. The van der Waals surface area contributed by atoms with Crippen LogP contribution in [0.2, 0.25) is 0 Å². The van der Waals surface area contributed by atoms with Gasteiger partial charge in [0.05, 0.1) is 30.7 Å². The van der Waals surface area contributed by atoms with Gasteiger partial charge in [0.2, 0.25) is 0 Å². The summed E-state index contributed by atoms with van der Waals surface area (Å²) >= 11 is 0. The minimum atomic E-state index is -1.35. The molecular weight excluding hydrogens is 464 g/mol. The molecule has 0 unspecified atom stereocenters. The summed E-state index contributed by atoms with van der Waals surface area (Å²) in [6, 6.07) is 14.2. The number of furan rings is 1. The number of amides is 5. The molecule has 0 spiro atoms. The van der Waals surface area contributed by atoms with Gasteiger partial charge in [-0.2, -0.15) is 0 Å². The number of hydrogen-bond donors (Lipinski definition) is 3. The van der Waals surface area contributed by atoms with Gasteiger partial charge >= 0.3 is 18.0 Å². The van der Waals surface area contributed by atoms with Crippen molar-refractivity contribution in [1.29, 1.82) is 0 Å². The molecule has 1 fully saturated rings. The Labute approximate surface area is 206 Å². The van der Waals surface area contributed by atoms with E-state index in [1.54, 1.807) is 32.0 Å². The van der Waals surface area contributed by atoms with Crippen LogP contribution in [0, 0.1) is 0 Å². The molecule has 0 saturated carbocycles. The van der Waals surface area contributed by atoms with Gasteiger partial charge in [0, 0.05) is 0 Å². The Hall–Kier alpha value is -4.60. The van der Waals surface area contributed by atoms with Gasteiger partial charge in [-0.05, 0) is 42.3 Å². The number of rotatable bonds is 6. The number of urea groups is 2. The third-order valence-corrected chi connectivity index (χ3v) is 6.40. The fraction of sp³-hybridized carbons (Fsp3) is 0.231. The van der Waals surface area contributed by atoms with E-state index in [-0.39, 0.29) is 24.4 Å². The van der Waals surface area contributed by atoms with E-state index >= 15 is 0 Å². The zero-order valence-electron chi connectivity index (χ0n) is 19.7. The first-order chi connectivity index (χ1) is 17.3. The van der Waals surface area contributed by atoms with E-state index in [9.17, 15) is 19.2 Å². The molecule has 2 aliphatic rings. The van der Waals surface area contributed by atoms with E-state index in [1.807, 2.05) is 36.4 Å². The summed E-state index contributed by atoms with van der Waals surface area (Å²) in [6.07, 6.45) is 1.42. The molecule has 5 amide bonds. The summed E-state index contributed by atoms with van der Waals surface area (Å²) in [5, 5.41) is 9.77. The van der Waals surface area contributed by atoms with Crippen molar-refractivity contribution in [3.63, 3.8) is 0 Å². The molecule has 184 valence electrons. The van der Waals surface area contributed by atoms with Crippen LogP contribution in [0.4, 0.5) is 9.59 Å². The van der Waals surface area contributed by atoms with Gasteiger partial charge < -0.3 is 25.1 Å². The number of imide groups is 1. The molecule has 3 aromatic rings. The molecule has 2 aromatic carbocycles. The van der Waals surface area contributed by atoms with Crippen molar-refractivity contribution in [1.82, 2.24) is 20.9 Å². The molecular formula is C26H24N4O6. The number of esters is 1. The minimum absolute atomic E-state index is 0.0470.